The smallest absolute Gasteiger partial charge is 0.257 e. The van der Waals surface area contributed by atoms with Crippen molar-refractivity contribution in [3.63, 3.8) is 0 Å². The number of carbonyl (C=O) groups is 1. The fraction of sp³-hybridized carbons (Fsp3) is 0.611. The van der Waals surface area contributed by atoms with Gasteiger partial charge in [0.15, 0.2) is 6.61 Å². The second-order valence-electron chi connectivity index (χ2n) is 6.56. The fourth-order valence-corrected chi connectivity index (χ4v) is 3.54. The first-order valence-corrected chi connectivity index (χ1v) is 8.40. The van der Waals surface area contributed by atoms with E-state index in [-0.39, 0.29) is 18.6 Å². The summed E-state index contributed by atoms with van der Waals surface area (Å²) >= 11 is 0. The van der Waals surface area contributed by atoms with Gasteiger partial charge in [0, 0.05) is 6.54 Å². The molecule has 4 nitrogen and oxygen atoms in total. The van der Waals surface area contributed by atoms with Gasteiger partial charge in [0.2, 0.25) is 0 Å². The number of fused-ring (bicyclic) bond motifs is 1. The number of hydrogen-bond acceptors (Lipinski definition) is 3. The summed E-state index contributed by atoms with van der Waals surface area (Å²) in [6, 6.07) is 6.13. The van der Waals surface area contributed by atoms with E-state index in [9.17, 15) is 9.90 Å². The molecule has 0 radical (unpaired) electrons. The van der Waals surface area contributed by atoms with Crippen LogP contribution in [0.15, 0.2) is 18.2 Å². The van der Waals surface area contributed by atoms with Crippen molar-refractivity contribution < 1.29 is 14.6 Å². The van der Waals surface area contributed by atoms with Gasteiger partial charge in [-0.1, -0.05) is 12.5 Å². The molecule has 0 bridgehead atoms. The molecule has 0 aliphatic heterocycles. The number of aryl methyl sites for hydroxylation is 2. The standard InChI is InChI=1S/C18H25NO3/c20-16-6-1-3-13(9-16)11-19-18(21)12-22-17-8-7-14-4-2-5-15(14)10-17/h7-8,10,13,16,20H,1-6,9,11-12H2,(H,19,21). The van der Waals surface area contributed by atoms with E-state index < -0.39 is 0 Å². The van der Waals surface area contributed by atoms with Gasteiger partial charge in [0.25, 0.3) is 5.91 Å². The summed E-state index contributed by atoms with van der Waals surface area (Å²) in [5.74, 6) is 1.09. The van der Waals surface area contributed by atoms with Gasteiger partial charge in [0.05, 0.1) is 6.10 Å². The molecule has 0 saturated heterocycles. The minimum atomic E-state index is -0.196. The minimum Gasteiger partial charge on any atom is -0.484 e. The molecule has 1 saturated carbocycles. The van der Waals surface area contributed by atoms with Crippen LogP contribution in [0.3, 0.4) is 0 Å². The Morgan fingerprint density at radius 1 is 1.23 bits per heavy atom. The van der Waals surface area contributed by atoms with Gasteiger partial charge >= 0.3 is 0 Å². The Kier molecular flexibility index (Phi) is 4.98. The molecule has 3 rings (SSSR count). The number of amides is 1. The first-order valence-electron chi connectivity index (χ1n) is 8.40. The van der Waals surface area contributed by atoms with Gasteiger partial charge in [-0.3, -0.25) is 4.79 Å². The summed E-state index contributed by atoms with van der Waals surface area (Å²) in [6.07, 6.45) is 7.12. The fourth-order valence-electron chi connectivity index (χ4n) is 3.54. The first kappa shape index (κ1) is 15.3. The Hall–Kier alpha value is -1.55. The van der Waals surface area contributed by atoms with Gasteiger partial charge in [0.1, 0.15) is 5.75 Å². The molecular formula is C18H25NO3. The molecule has 1 aromatic carbocycles. The highest BCUT2D eigenvalue weighted by atomic mass is 16.5. The van der Waals surface area contributed by atoms with Crippen molar-refractivity contribution in [1.29, 1.82) is 0 Å². The van der Waals surface area contributed by atoms with Crippen molar-refractivity contribution >= 4 is 5.91 Å². The van der Waals surface area contributed by atoms with E-state index in [1.54, 1.807) is 0 Å². The normalized spacial score (nSPS) is 23.9. The lowest BCUT2D eigenvalue weighted by atomic mass is 9.87. The van der Waals surface area contributed by atoms with Crippen molar-refractivity contribution in [2.24, 2.45) is 5.92 Å². The van der Waals surface area contributed by atoms with Crippen LogP contribution in [-0.2, 0) is 17.6 Å². The van der Waals surface area contributed by atoms with Crippen LogP contribution in [0.4, 0.5) is 0 Å². The van der Waals surface area contributed by atoms with E-state index in [1.807, 2.05) is 6.07 Å². The lowest BCUT2D eigenvalue weighted by Gasteiger charge is -2.25. The van der Waals surface area contributed by atoms with Crippen LogP contribution in [-0.4, -0.2) is 30.3 Å². The molecule has 22 heavy (non-hydrogen) atoms. The summed E-state index contributed by atoms with van der Waals surface area (Å²) in [5.41, 5.74) is 2.77. The summed E-state index contributed by atoms with van der Waals surface area (Å²) in [7, 11) is 0. The van der Waals surface area contributed by atoms with E-state index in [1.165, 1.54) is 17.5 Å². The number of ether oxygens (including phenoxy) is 1. The molecule has 0 spiro atoms. The van der Waals surface area contributed by atoms with E-state index >= 15 is 0 Å². The highest BCUT2D eigenvalue weighted by Crippen LogP contribution is 2.26. The maximum atomic E-state index is 11.9. The molecule has 4 heteroatoms. The molecular weight excluding hydrogens is 278 g/mol. The molecule has 2 unspecified atom stereocenters. The van der Waals surface area contributed by atoms with Gasteiger partial charge in [-0.25, -0.2) is 0 Å². The number of benzene rings is 1. The number of carbonyl (C=O) groups excluding carboxylic acids is 1. The van der Waals surface area contributed by atoms with Crippen LogP contribution in [0.5, 0.6) is 5.75 Å². The molecule has 120 valence electrons. The van der Waals surface area contributed by atoms with Crippen molar-refractivity contribution in [2.45, 2.75) is 51.0 Å². The minimum absolute atomic E-state index is 0.0636. The average Bonchev–Trinajstić information content (AvgIpc) is 2.98. The third kappa shape index (κ3) is 4.01. The Balaban J connectivity index is 1.40. The monoisotopic (exact) mass is 303 g/mol. The lowest BCUT2D eigenvalue weighted by molar-refractivity contribution is -0.123. The molecule has 2 aliphatic rings. The highest BCUT2D eigenvalue weighted by Gasteiger charge is 2.20. The van der Waals surface area contributed by atoms with Crippen LogP contribution in [0, 0.1) is 5.92 Å². The molecule has 1 amide bonds. The summed E-state index contributed by atoms with van der Waals surface area (Å²) < 4.78 is 5.59. The maximum absolute atomic E-state index is 11.9. The zero-order valence-corrected chi connectivity index (χ0v) is 13.0. The Labute approximate surface area is 131 Å². The predicted octanol–water partition coefficient (Wildman–Crippen LogP) is 2.22. The quantitative estimate of drug-likeness (QED) is 0.877. The van der Waals surface area contributed by atoms with Crippen LogP contribution in [0.1, 0.15) is 43.2 Å². The van der Waals surface area contributed by atoms with E-state index in [2.05, 4.69) is 17.4 Å². The Morgan fingerprint density at radius 2 is 2.09 bits per heavy atom. The molecule has 2 atom stereocenters. The second kappa shape index (κ2) is 7.14. The van der Waals surface area contributed by atoms with E-state index in [0.29, 0.717) is 12.5 Å². The maximum Gasteiger partial charge on any atom is 0.257 e. The summed E-state index contributed by atoms with van der Waals surface area (Å²) in [6.45, 7) is 0.706. The van der Waals surface area contributed by atoms with Gasteiger partial charge in [-0.2, -0.15) is 0 Å². The van der Waals surface area contributed by atoms with Crippen molar-refractivity contribution in [1.82, 2.24) is 5.32 Å². The van der Waals surface area contributed by atoms with E-state index in [0.717, 1.165) is 44.3 Å². The second-order valence-corrected chi connectivity index (χ2v) is 6.56. The van der Waals surface area contributed by atoms with Crippen molar-refractivity contribution in [3.8, 4) is 5.75 Å². The van der Waals surface area contributed by atoms with Gasteiger partial charge in [-0.05, 0) is 67.7 Å². The number of nitrogens with one attached hydrogen (secondary N) is 1. The molecule has 1 aromatic rings. The van der Waals surface area contributed by atoms with E-state index in [4.69, 9.17) is 4.74 Å². The topological polar surface area (TPSA) is 58.6 Å². The van der Waals surface area contributed by atoms with Crippen molar-refractivity contribution in [3.05, 3.63) is 29.3 Å². The van der Waals surface area contributed by atoms with Crippen LogP contribution < -0.4 is 10.1 Å². The number of hydrogen-bond donors (Lipinski definition) is 2. The third-order valence-corrected chi connectivity index (χ3v) is 4.78. The number of aliphatic hydroxyl groups excluding tert-OH is 1. The van der Waals surface area contributed by atoms with Crippen LogP contribution >= 0.6 is 0 Å². The molecule has 2 aliphatic carbocycles. The SMILES string of the molecule is O=C(COc1ccc2c(c1)CCC2)NCC1CCCC(O)C1. The van der Waals surface area contributed by atoms with Crippen molar-refractivity contribution in [2.75, 3.05) is 13.2 Å². The van der Waals surface area contributed by atoms with Gasteiger partial charge < -0.3 is 15.2 Å². The zero-order chi connectivity index (χ0) is 15.4. The van der Waals surface area contributed by atoms with Gasteiger partial charge in [-0.15, -0.1) is 0 Å². The Morgan fingerprint density at radius 3 is 2.95 bits per heavy atom. The van der Waals surface area contributed by atoms with Crippen LogP contribution in [0.2, 0.25) is 0 Å². The highest BCUT2D eigenvalue weighted by molar-refractivity contribution is 5.77. The number of rotatable bonds is 5. The average molecular weight is 303 g/mol. The third-order valence-electron chi connectivity index (χ3n) is 4.78. The Bertz CT molecular complexity index is 529. The predicted molar refractivity (Wildman–Crippen MR) is 84.9 cm³/mol. The zero-order valence-electron chi connectivity index (χ0n) is 13.0. The molecule has 1 fully saturated rings. The molecule has 2 N–H and O–H groups in total. The molecule has 0 heterocycles. The summed E-state index contributed by atoms with van der Waals surface area (Å²) in [4.78, 5) is 11.9. The first-order chi connectivity index (χ1) is 10.7. The largest absolute Gasteiger partial charge is 0.484 e. The molecule has 0 aromatic heterocycles. The van der Waals surface area contributed by atoms with Crippen LogP contribution in [0.25, 0.3) is 0 Å². The lowest BCUT2D eigenvalue weighted by Crippen LogP contribution is -2.35. The summed E-state index contributed by atoms with van der Waals surface area (Å²) in [5, 5.41) is 12.6. The number of aliphatic hydroxyl groups is 1.